The van der Waals surface area contributed by atoms with Gasteiger partial charge in [0.1, 0.15) is 0 Å². The van der Waals surface area contributed by atoms with E-state index >= 15 is 0 Å². The van der Waals surface area contributed by atoms with E-state index < -0.39 is 0 Å². The molecule has 1 aromatic rings. The third-order valence-corrected chi connectivity index (χ3v) is 5.04. The van der Waals surface area contributed by atoms with Crippen LogP contribution in [-0.4, -0.2) is 11.9 Å². The van der Waals surface area contributed by atoms with Crippen LogP contribution in [0, 0.1) is 5.92 Å². The Labute approximate surface area is 130 Å². The minimum Gasteiger partial charge on any atom is -0.350 e. The number of carbonyl (C=O) groups is 1. The summed E-state index contributed by atoms with van der Waals surface area (Å²) in [6, 6.07) is 2.08. The monoisotopic (exact) mass is 395 g/mol. The van der Waals surface area contributed by atoms with Crippen molar-refractivity contribution in [2.75, 3.05) is 0 Å². The smallest absolute Gasteiger partial charge is 0.253 e. The fourth-order valence-corrected chi connectivity index (χ4v) is 4.49. The van der Waals surface area contributed by atoms with Gasteiger partial charge in [-0.1, -0.05) is 26.7 Å². The summed E-state index contributed by atoms with van der Waals surface area (Å²) in [4.78, 5) is 12.0. The van der Waals surface area contributed by atoms with Crippen LogP contribution in [0.4, 0.5) is 0 Å². The van der Waals surface area contributed by atoms with E-state index in [-0.39, 0.29) is 11.9 Å². The summed E-state index contributed by atoms with van der Waals surface area (Å²) >= 11 is 8.31. The zero-order valence-corrected chi connectivity index (χ0v) is 14.9. The maximum Gasteiger partial charge on any atom is 0.253 e. The molecule has 102 valence electrons. The molecule has 5 heteroatoms. The molecule has 1 atom stereocenters. The van der Waals surface area contributed by atoms with Crippen LogP contribution < -0.4 is 5.32 Å². The standard InChI is InChI=1S/C13H19Br2NOS/c1-8(2)5-4-6-9(3)16-13(17)10-7-11(14)18-12(10)15/h7-9H,4-6H2,1-3H3,(H,16,17). The number of rotatable bonds is 6. The van der Waals surface area contributed by atoms with Crippen LogP contribution in [0.1, 0.15) is 50.4 Å². The highest BCUT2D eigenvalue weighted by atomic mass is 79.9. The van der Waals surface area contributed by atoms with Crippen LogP contribution in [0.3, 0.4) is 0 Å². The highest BCUT2D eigenvalue weighted by Gasteiger charge is 2.15. The zero-order valence-electron chi connectivity index (χ0n) is 10.9. The van der Waals surface area contributed by atoms with Gasteiger partial charge in [0.05, 0.1) is 13.1 Å². The molecule has 0 aliphatic heterocycles. The SMILES string of the molecule is CC(C)CCCC(C)NC(=O)c1cc(Br)sc1Br. The molecule has 18 heavy (non-hydrogen) atoms. The van der Waals surface area contributed by atoms with Gasteiger partial charge in [-0.3, -0.25) is 4.79 Å². The van der Waals surface area contributed by atoms with Crippen LogP contribution in [0.2, 0.25) is 0 Å². The molecule has 0 saturated heterocycles. The Kier molecular flexibility index (Phi) is 6.88. The fraction of sp³-hybridized carbons (Fsp3) is 0.615. The van der Waals surface area contributed by atoms with E-state index in [1.165, 1.54) is 17.8 Å². The Morgan fingerprint density at radius 3 is 2.50 bits per heavy atom. The largest absolute Gasteiger partial charge is 0.350 e. The molecule has 0 fully saturated rings. The number of hydrogen-bond donors (Lipinski definition) is 1. The van der Waals surface area contributed by atoms with Gasteiger partial charge in [-0.05, 0) is 57.2 Å². The van der Waals surface area contributed by atoms with E-state index in [2.05, 4.69) is 57.9 Å². The van der Waals surface area contributed by atoms with Crippen molar-refractivity contribution in [2.24, 2.45) is 5.92 Å². The summed E-state index contributed by atoms with van der Waals surface area (Å²) in [6.07, 6.45) is 3.41. The molecule has 0 aliphatic carbocycles. The van der Waals surface area contributed by atoms with E-state index in [4.69, 9.17) is 0 Å². The third-order valence-electron chi connectivity index (χ3n) is 2.70. The van der Waals surface area contributed by atoms with Crippen molar-refractivity contribution in [3.8, 4) is 0 Å². The van der Waals surface area contributed by atoms with Gasteiger partial charge in [0.25, 0.3) is 5.91 Å². The molecule has 0 spiro atoms. The van der Waals surface area contributed by atoms with Crippen molar-refractivity contribution in [2.45, 2.75) is 46.1 Å². The first-order valence-electron chi connectivity index (χ1n) is 6.15. The van der Waals surface area contributed by atoms with Gasteiger partial charge in [0.15, 0.2) is 0 Å². The lowest BCUT2D eigenvalue weighted by molar-refractivity contribution is 0.0937. The van der Waals surface area contributed by atoms with Crippen molar-refractivity contribution in [1.82, 2.24) is 5.32 Å². The first-order valence-corrected chi connectivity index (χ1v) is 8.56. The minimum absolute atomic E-state index is 0.000807. The lowest BCUT2D eigenvalue weighted by Crippen LogP contribution is -2.32. The maximum atomic E-state index is 12.0. The first kappa shape index (κ1) is 16.2. The first-order chi connectivity index (χ1) is 8.40. The summed E-state index contributed by atoms with van der Waals surface area (Å²) in [7, 11) is 0. The summed E-state index contributed by atoms with van der Waals surface area (Å²) in [6.45, 7) is 6.51. The van der Waals surface area contributed by atoms with Crippen LogP contribution in [0.15, 0.2) is 13.6 Å². The van der Waals surface area contributed by atoms with Crippen LogP contribution >= 0.6 is 43.2 Å². The number of nitrogens with one attached hydrogen (secondary N) is 1. The molecule has 0 saturated carbocycles. The molecule has 1 N–H and O–H groups in total. The average molecular weight is 397 g/mol. The average Bonchev–Trinajstić information content (AvgIpc) is 2.57. The number of halogens is 2. The quantitative estimate of drug-likeness (QED) is 0.701. The van der Waals surface area contributed by atoms with Crippen LogP contribution in [0.25, 0.3) is 0 Å². The molecule has 1 rings (SSSR count). The number of carbonyl (C=O) groups excluding carboxylic acids is 1. The van der Waals surface area contributed by atoms with Gasteiger partial charge in [-0.15, -0.1) is 11.3 Å². The number of thiophene rings is 1. The molecule has 1 heterocycles. The Hall–Kier alpha value is 0.130. The number of hydrogen-bond acceptors (Lipinski definition) is 2. The predicted octanol–water partition coefficient (Wildman–Crippen LogP) is 5.22. The van der Waals surface area contributed by atoms with Crippen LogP contribution in [0.5, 0.6) is 0 Å². The van der Waals surface area contributed by atoms with E-state index in [0.717, 1.165) is 26.3 Å². The molecule has 0 aliphatic rings. The summed E-state index contributed by atoms with van der Waals surface area (Å²) in [5.41, 5.74) is 0.711. The van der Waals surface area contributed by atoms with Gasteiger partial charge in [0, 0.05) is 6.04 Å². The summed E-state index contributed by atoms with van der Waals surface area (Å²) in [5, 5.41) is 3.04. The van der Waals surface area contributed by atoms with Gasteiger partial charge in [-0.25, -0.2) is 0 Å². The van der Waals surface area contributed by atoms with Crippen molar-refractivity contribution in [3.63, 3.8) is 0 Å². The normalized spacial score (nSPS) is 12.8. The molecular weight excluding hydrogens is 378 g/mol. The van der Waals surface area contributed by atoms with Crippen molar-refractivity contribution in [3.05, 3.63) is 19.2 Å². The molecule has 1 aromatic heterocycles. The number of amides is 1. The predicted molar refractivity (Wildman–Crippen MR) is 85.3 cm³/mol. The molecular formula is C13H19Br2NOS. The maximum absolute atomic E-state index is 12.0. The van der Waals surface area contributed by atoms with Gasteiger partial charge in [0.2, 0.25) is 0 Å². The van der Waals surface area contributed by atoms with E-state index in [0.29, 0.717) is 5.56 Å². The molecule has 2 nitrogen and oxygen atoms in total. The molecule has 1 unspecified atom stereocenters. The highest BCUT2D eigenvalue weighted by molar-refractivity contribution is 9.12. The van der Waals surface area contributed by atoms with Crippen molar-refractivity contribution >= 4 is 49.1 Å². The van der Waals surface area contributed by atoms with Gasteiger partial charge >= 0.3 is 0 Å². The second-order valence-corrected chi connectivity index (χ2v) is 8.69. The molecule has 1 amide bonds. The fourth-order valence-electron chi connectivity index (χ4n) is 1.70. The minimum atomic E-state index is 0.000807. The van der Waals surface area contributed by atoms with Crippen molar-refractivity contribution in [1.29, 1.82) is 0 Å². The Balaban J connectivity index is 2.42. The van der Waals surface area contributed by atoms with E-state index in [1.807, 2.05) is 6.07 Å². The van der Waals surface area contributed by atoms with Crippen molar-refractivity contribution < 1.29 is 4.79 Å². The zero-order chi connectivity index (χ0) is 13.7. The Morgan fingerprint density at radius 2 is 2.00 bits per heavy atom. The Morgan fingerprint density at radius 1 is 1.33 bits per heavy atom. The summed E-state index contributed by atoms with van der Waals surface area (Å²) in [5.74, 6) is 0.732. The van der Waals surface area contributed by atoms with Gasteiger partial charge in [-0.2, -0.15) is 0 Å². The Bertz CT molecular complexity index is 404. The molecule has 0 aromatic carbocycles. The molecule has 0 radical (unpaired) electrons. The third kappa shape index (κ3) is 5.41. The van der Waals surface area contributed by atoms with E-state index in [1.54, 1.807) is 0 Å². The second-order valence-electron chi connectivity index (χ2n) is 4.94. The van der Waals surface area contributed by atoms with Crippen LogP contribution in [-0.2, 0) is 0 Å². The summed E-state index contributed by atoms with van der Waals surface area (Å²) < 4.78 is 1.84. The van der Waals surface area contributed by atoms with Gasteiger partial charge < -0.3 is 5.32 Å². The highest BCUT2D eigenvalue weighted by Crippen LogP contribution is 2.31. The van der Waals surface area contributed by atoms with E-state index in [9.17, 15) is 4.79 Å². The second kappa shape index (κ2) is 7.65. The lowest BCUT2D eigenvalue weighted by Gasteiger charge is -2.14. The lowest BCUT2D eigenvalue weighted by atomic mass is 10.0. The molecule has 0 bridgehead atoms. The topological polar surface area (TPSA) is 29.1 Å².